The number of likely N-dealkylation sites (tertiary alicyclic amines) is 1. The smallest absolute Gasteiger partial charge is 0.219 e. The molecule has 1 aliphatic rings. The molecule has 5 nitrogen and oxygen atoms in total. The summed E-state index contributed by atoms with van der Waals surface area (Å²) >= 11 is 0. The molecular formula is C22H26N2O3. The van der Waals surface area contributed by atoms with Gasteiger partial charge in [0.15, 0.2) is 0 Å². The number of carbonyl (C=O) groups is 2. The largest absolute Gasteiger partial charge is 0.497 e. The van der Waals surface area contributed by atoms with Crippen molar-refractivity contribution >= 4 is 11.7 Å². The van der Waals surface area contributed by atoms with Crippen LogP contribution >= 0.6 is 0 Å². The molecule has 1 aliphatic heterocycles. The zero-order valence-electron chi connectivity index (χ0n) is 15.9. The highest BCUT2D eigenvalue weighted by atomic mass is 16.5. The number of amides is 1. The lowest BCUT2D eigenvalue weighted by molar-refractivity contribution is -0.132. The van der Waals surface area contributed by atoms with E-state index in [0.717, 1.165) is 24.3 Å². The average Bonchev–Trinajstić information content (AvgIpc) is 2.68. The number of nitrogens with zero attached hydrogens (tertiary/aromatic N) is 2. The first-order valence-corrected chi connectivity index (χ1v) is 9.37. The first-order valence-electron chi connectivity index (χ1n) is 9.37. The van der Waals surface area contributed by atoms with Crippen LogP contribution in [0.1, 0.15) is 36.8 Å². The van der Waals surface area contributed by atoms with Crippen LogP contribution in [0.4, 0.5) is 0 Å². The molecule has 0 N–H and O–H groups in total. The third-order valence-corrected chi connectivity index (χ3v) is 5.36. The van der Waals surface area contributed by atoms with E-state index in [1.807, 2.05) is 29.2 Å². The molecule has 0 bridgehead atoms. The highest BCUT2D eigenvalue weighted by Gasteiger charge is 2.32. The van der Waals surface area contributed by atoms with Gasteiger partial charge in [-0.25, -0.2) is 0 Å². The van der Waals surface area contributed by atoms with Gasteiger partial charge < -0.3 is 9.64 Å². The monoisotopic (exact) mass is 366 g/mol. The van der Waals surface area contributed by atoms with E-state index in [4.69, 9.17) is 4.74 Å². The molecule has 2 heterocycles. The Hall–Kier alpha value is -2.69. The number of piperidine rings is 1. The summed E-state index contributed by atoms with van der Waals surface area (Å²) in [7, 11) is 1.65. The van der Waals surface area contributed by atoms with Crippen molar-refractivity contribution in [3.8, 4) is 5.75 Å². The Morgan fingerprint density at radius 3 is 2.48 bits per heavy atom. The number of Topliss-reactive ketones (excluding diaryl/α,β-unsaturated/α-hetero) is 1. The Morgan fingerprint density at radius 2 is 1.85 bits per heavy atom. The standard InChI is InChI=1S/C22H26N2O3/c1-16(25)24-12-9-22(18-3-5-21(27-2)6-4-18)19(15-24)14-20(26)13-17-7-10-23-11-8-17/h3-8,10-11,19,22H,9,12-15H2,1-2H3/t19-,22?/m1/s1. The average molecular weight is 366 g/mol. The van der Waals surface area contributed by atoms with Crippen LogP contribution in [0.2, 0.25) is 0 Å². The fraction of sp³-hybridized carbons (Fsp3) is 0.409. The molecule has 1 amide bonds. The van der Waals surface area contributed by atoms with Crippen LogP contribution < -0.4 is 4.74 Å². The Kier molecular flexibility index (Phi) is 6.22. The third kappa shape index (κ3) is 4.94. The van der Waals surface area contributed by atoms with Gasteiger partial charge >= 0.3 is 0 Å². The van der Waals surface area contributed by atoms with Crippen molar-refractivity contribution in [2.45, 2.75) is 32.1 Å². The van der Waals surface area contributed by atoms with E-state index in [1.165, 1.54) is 5.56 Å². The van der Waals surface area contributed by atoms with Crippen molar-refractivity contribution in [1.82, 2.24) is 9.88 Å². The molecule has 0 aliphatic carbocycles. The number of carbonyl (C=O) groups excluding carboxylic acids is 2. The molecule has 0 spiro atoms. The maximum atomic E-state index is 12.7. The van der Waals surface area contributed by atoms with Gasteiger partial charge in [0.05, 0.1) is 7.11 Å². The molecule has 1 fully saturated rings. The van der Waals surface area contributed by atoms with Crippen LogP contribution in [-0.4, -0.2) is 41.8 Å². The van der Waals surface area contributed by atoms with E-state index in [1.54, 1.807) is 26.4 Å². The summed E-state index contributed by atoms with van der Waals surface area (Å²) in [6.07, 6.45) is 5.18. The van der Waals surface area contributed by atoms with E-state index >= 15 is 0 Å². The van der Waals surface area contributed by atoms with Gasteiger partial charge in [0.2, 0.25) is 5.91 Å². The summed E-state index contributed by atoms with van der Waals surface area (Å²) < 4.78 is 5.25. The minimum Gasteiger partial charge on any atom is -0.497 e. The maximum absolute atomic E-state index is 12.7. The van der Waals surface area contributed by atoms with E-state index in [2.05, 4.69) is 17.1 Å². The topological polar surface area (TPSA) is 59.5 Å². The molecule has 142 valence electrons. The number of hydrogen-bond acceptors (Lipinski definition) is 4. The number of ether oxygens (including phenoxy) is 1. The van der Waals surface area contributed by atoms with Crippen LogP contribution in [0.25, 0.3) is 0 Å². The van der Waals surface area contributed by atoms with Crippen molar-refractivity contribution in [2.24, 2.45) is 5.92 Å². The van der Waals surface area contributed by atoms with Crippen molar-refractivity contribution in [2.75, 3.05) is 20.2 Å². The number of rotatable bonds is 6. The van der Waals surface area contributed by atoms with Gasteiger partial charge in [-0.1, -0.05) is 12.1 Å². The Balaban J connectivity index is 1.74. The molecule has 0 saturated carbocycles. The Bertz CT molecular complexity index is 774. The van der Waals surface area contributed by atoms with Crippen molar-refractivity contribution in [3.63, 3.8) is 0 Å². The first-order chi connectivity index (χ1) is 13.1. The van der Waals surface area contributed by atoms with Gasteiger partial charge in [-0.15, -0.1) is 0 Å². The zero-order chi connectivity index (χ0) is 19.2. The van der Waals surface area contributed by atoms with Gasteiger partial charge in [-0.2, -0.15) is 0 Å². The van der Waals surface area contributed by atoms with Crippen molar-refractivity contribution < 1.29 is 14.3 Å². The van der Waals surface area contributed by atoms with Gasteiger partial charge in [-0.3, -0.25) is 14.6 Å². The Labute approximate surface area is 160 Å². The molecule has 0 radical (unpaired) electrons. The van der Waals surface area contributed by atoms with Crippen LogP contribution in [0.5, 0.6) is 5.75 Å². The van der Waals surface area contributed by atoms with Crippen LogP contribution in [0.3, 0.4) is 0 Å². The number of methoxy groups -OCH3 is 1. The number of hydrogen-bond donors (Lipinski definition) is 0. The number of aromatic nitrogens is 1. The summed E-state index contributed by atoms with van der Waals surface area (Å²) in [4.78, 5) is 30.4. The summed E-state index contributed by atoms with van der Waals surface area (Å²) in [5.41, 5.74) is 2.19. The van der Waals surface area contributed by atoms with E-state index in [0.29, 0.717) is 19.4 Å². The first kappa shape index (κ1) is 19.1. The predicted octanol–water partition coefficient (Wildman–Crippen LogP) is 3.24. The normalized spacial score (nSPS) is 19.6. The summed E-state index contributed by atoms with van der Waals surface area (Å²) in [6, 6.07) is 11.8. The van der Waals surface area contributed by atoms with E-state index in [-0.39, 0.29) is 23.5 Å². The fourth-order valence-corrected chi connectivity index (χ4v) is 3.91. The SMILES string of the molecule is COc1ccc(C2CCN(C(C)=O)C[C@H]2CC(=O)Cc2ccncc2)cc1. The summed E-state index contributed by atoms with van der Waals surface area (Å²) in [5, 5.41) is 0. The number of pyridine rings is 1. The molecule has 2 atom stereocenters. The van der Waals surface area contributed by atoms with Gasteiger partial charge in [0, 0.05) is 45.2 Å². The molecule has 5 heteroatoms. The lowest BCUT2D eigenvalue weighted by atomic mass is 9.77. The second-order valence-corrected chi connectivity index (χ2v) is 7.17. The summed E-state index contributed by atoms with van der Waals surface area (Å²) in [5.74, 6) is 1.51. The van der Waals surface area contributed by atoms with E-state index < -0.39 is 0 Å². The Morgan fingerprint density at radius 1 is 1.15 bits per heavy atom. The lowest BCUT2D eigenvalue weighted by Crippen LogP contribution is -2.42. The third-order valence-electron chi connectivity index (χ3n) is 5.36. The highest BCUT2D eigenvalue weighted by Crippen LogP contribution is 2.36. The molecule has 3 rings (SSSR count). The number of ketones is 1. The molecule has 2 aromatic rings. The second kappa shape index (κ2) is 8.80. The maximum Gasteiger partial charge on any atom is 0.219 e. The molecule has 1 unspecified atom stereocenters. The van der Waals surface area contributed by atoms with Crippen molar-refractivity contribution in [1.29, 1.82) is 0 Å². The van der Waals surface area contributed by atoms with Crippen LogP contribution in [0, 0.1) is 5.92 Å². The predicted molar refractivity (Wildman–Crippen MR) is 104 cm³/mol. The van der Waals surface area contributed by atoms with Gasteiger partial charge in [0.1, 0.15) is 11.5 Å². The lowest BCUT2D eigenvalue weighted by Gasteiger charge is -2.38. The minimum absolute atomic E-state index is 0.0785. The fourth-order valence-electron chi connectivity index (χ4n) is 3.91. The van der Waals surface area contributed by atoms with Crippen LogP contribution in [0.15, 0.2) is 48.8 Å². The quantitative estimate of drug-likeness (QED) is 0.787. The molecular weight excluding hydrogens is 340 g/mol. The second-order valence-electron chi connectivity index (χ2n) is 7.17. The molecule has 1 aromatic carbocycles. The molecule has 1 aromatic heterocycles. The number of benzene rings is 1. The van der Waals surface area contributed by atoms with Crippen LogP contribution in [-0.2, 0) is 16.0 Å². The zero-order valence-corrected chi connectivity index (χ0v) is 15.9. The van der Waals surface area contributed by atoms with E-state index in [9.17, 15) is 9.59 Å². The molecule has 1 saturated heterocycles. The highest BCUT2D eigenvalue weighted by molar-refractivity contribution is 5.81. The minimum atomic E-state index is 0.0785. The van der Waals surface area contributed by atoms with Crippen molar-refractivity contribution in [3.05, 3.63) is 59.9 Å². The van der Waals surface area contributed by atoms with Gasteiger partial charge in [0.25, 0.3) is 0 Å². The summed E-state index contributed by atoms with van der Waals surface area (Å²) in [6.45, 7) is 2.97. The van der Waals surface area contributed by atoms with Gasteiger partial charge in [-0.05, 0) is 53.6 Å². The molecule has 27 heavy (non-hydrogen) atoms.